The Morgan fingerprint density at radius 1 is 0.609 bits per heavy atom. The predicted molar refractivity (Wildman–Crippen MR) is 303 cm³/mol. The van der Waals surface area contributed by atoms with Crippen molar-refractivity contribution >= 4 is 45.1 Å². The Morgan fingerprint density at radius 3 is 1.51 bits per heavy atom. The molecule has 508 valence electrons. The van der Waals surface area contributed by atoms with Gasteiger partial charge in [0.1, 0.15) is 63.7 Å². The van der Waals surface area contributed by atoms with Crippen LogP contribution in [0, 0.1) is 5.92 Å². The van der Waals surface area contributed by atoms with Gasteiger partial charge in [-0.15, -0.1) is 0 Å². The van der Waals surface area contributed by atoms with Crippen LogP contribution in [0.25, 0.3) is 0 Å². The molecule has 2 rings (SSSR count). The predicted octanol–water partition coefficient (Wildman–Crippen LogP) is 2.39. The Hall–Kier alpha value is 3.40. The number of carbonyl (C=O) groups is 2. The normalized spacial score (nSPS) is 23.5. The number of unbranched alkanes of at least 4 members (excludes halogenated alkanes) is 4. The van der Waals surface area contributed by atoms with Crippen molar-refractivity contribution in [2.75, 3.05) is 106 Å². The quantitative estimate of drug-likeness (QED) is 0.0238. The zero-order chi connectivity index (χ0) is 62.9. The van der Waals surface area contributed by atoms with Crippen molar-refractivity contribution in [3.63, 3.8) is 0 Å². The van der Waals surface area contributed by atoms with Crippen LogP contribution in [0.1, 0.15) is 107 Å². The van der Waals surface area contributed by atoms with E-state index in [-0.39, 0.29) is 184 Å². The smallest absolute Gasteiger partial charge is 0.438 e. The summed E-state index contributed by atoms with van der Waals surface area (Å²) in [6.07, 6.45) is -6.74. The number of hydrogen-bond acceptors (Lipinski definition) is 29. The Labute approximate surface area is 617 Å². The number of nitrogens with one attached hydrogen (secondary N) is 1. The molecular formula is C49H102N2O28P4Y4. The second kappa shape index (κ2) is 61.7. The fourth-order valence-electron chi connectivity index (χ4n) is 7.78. The molecule has 0 saturated carbocycles. The molecule has 38 heteroatoms. The van der Waals surface area contributed by atoms with E-state index in [1.54, 1.807) is 6.92 Å². The van der Waals surface area contributed by atoms with Gasteiger partial charge in [-0.05, 0) is 85.7 Å². The largest absolute Gasteiger partial charge is 0.508 e. The van der Waals surface area contributed by atoms with Crippen molar-refractivity contribution < 1.29 is 265 Å². The zero-order valence-electron chi connectivity index (χ0n) is 52.2. The molecule has 2 heterocycles. The summed E-state index contributed by atoms with van der Waals surface area (Å²) >= 11 is 0. The summed E-state index contributed by atoms with van der Waals surface area (Å²) in [7, 11) is -8.80. The first-order valence-corrected chi connectivity index (χ1v) is 33.3. The third-order valence-electron chi connectivity index (χ3n) is 12.2. The first-order chi connectivity index (χ1) is 39.5. The molecule has 4 radical (unpaired) electrons. The van der Waals surface area contributed by atoms with Crippen LogP contribution in [0.2, 0.25) is 0 Å². The third-order valence-corrected chi connectivity index (χ3v) is 17.0. The van der Waals surface area contributed by atoms with E-state index in [1.165, 1.54) is 6.92 Å². The number of nitrogens with zero attached hydrogens (tertiary/aromatic N) is 1. The SMILES string of the molecule is CCC(CC)OCCOP(C)N(C(C)C)C(C)C.COC(=O)OCCO[PH](=O)OC(CO[PH](=O)OCCCCCOC1OC(CO)C(O)C(O)C1C)CO[PH](=O)OCCCCCOC1OC(CO)C(O)C(O)C1NC(C)=O.OCC(O)CO.[Y].[Y].[Y].[Y]. The van der Waals surface area contributed by atoms with Crippen molar-refractivity contribution in [2.24, 2.45) is 5.92 Å². The fourth-order valence-corrected chi connectivity index (χ4v) is 11.7. The molecule has 1 amide bonds. The topological polar surface area (TPSA) is 412 Å². The number of ether oxygens (including phenoxy) is 7. The van der Waals surface area contributed by atoms with Gasteiger partial charge in [0.15, 0.2) is 12.6 Å². The van der Waals surface area contributed by atoms with Crippen LogP contribution in [0.4, 0.5) is 4.79 Å². The van der Waals surface area contributed by atoms with E-state index in [1.807, 2.05) is 0 Å². The molecule has 2 aliphatic heterocycles. The van der Waals surface area contributed by atoms with Gasteiger partial charge in [0.25, 0.3) is 0 Å². The Balaban J connectivity index is -0.000000670. The number of hydrogen-bond donors (Lipinski definition) is 10. The maximum Gasteiger partial charge on any atom is 0.508 e. The van der Waals surface area contributed by atoms with Gasteiger partial charge in [-0.2, -0.15) is 0 Å². The second-order valence-corrected chi connectivity index (χ2v) is 24.3. The maximum atomic E-state index is 12.4. The molecule has 0 bridgehead atoms. The molecule has 0 aromatic heterocycles. The number of carbonyl (C=O) groups excluding carboxylic acids is 2. The van der Waals surface area contributed by atoms with Crippen molar-refractivity contribution in [3.05, 3.63) is 0 Å². The average molecular weight is 1650 g/mol. The van der Waals surface area contributed by atoms with Gasteiger partial charge < -0.3 is 116 Å². The molecule has 2 aliphatic rings. The number of aliphatic hydroxyl groups excluding tert-OH is 9. The van der Waals surface area contributed by atoms with Crippen molar-refractivity contribution in [3.8, 4) is 0 Å². The van der Waals surface area contributed by atoms with Gasteiger partial charge in [-0.1, -0.05) is 20.8 Å². The first-order valence-electron chi connectivity index (χ1n) is 28.0. The van der Waals surface area contributed by atoms with Crippen LogP contribution in [0.15, 0.2) is 0 Å². The van der Waals surface area contributed by atoms with E-state index in [9.17, 15) is 53.9 Å². The summed E-state index contributed by atoms with van der Waals surface area (Å²) in [5, 5.41) is 85.8. The average Bonchev–Trinajstić information content (AvgIpc) is 3.50. The molecule has 0 aliphatic carbocycles. The van der Waals surface area contributed by atoms with Crippen molar-refractivity contribution in [1.29, 1.82) is 0 Å². The van der Waals surface area contributed by atoms with Crippen LogP contribution in [-0.4, -0.2) is 255 Å². The van der Waals surface area contributed by atoms with Crippen LogP contribution < -0.4 is 5.32 Å². The van der Waals surface area contributed by atoms with Crippen LogP contribution in [-0.2, 0) is 214 Å². The summed E-state index contributed by atoms with van der Waals surface area (Å²) in [6, 6.07) is -0.0100. The van der Waals surface area contributed by atoms with Gasteiger partial charge in [0.2, 0.25) is 5.91 Å². The molecule has 2 fully saturated rings. The minimum atomic E-state index is -3.24. The van der Waals surface area contributed by atoms with Gasteiger partial charge >= 0.3 is 30.9 Å². The fraction of sp³-hybridized carbons (Fsp3) is 0.959. The Morgan fingerprint density at radius 2 is 1.07 bits per heavy atom. The number of rotatable bonds is 43. The van der Waals surface area contributed by atoms with E-state index in [0.29, 0.717) is 69.9 Å². The van der Waals surface area contributed by atoms with Gasteiger partial charge in [0, 0.05) is 169 Å². The minimum Gasteiger partial charge on any atom is -0.438 e. The molecule has 15 atom stereocenters. The summed E-state index contributed by atoms with van der Waals surface area (Å²) < 4.78 is 114. The molecule has 0 aromatic rings. The Bertz CT molecular complexity index is 1720. The molecule has 0 aromatic carbocycles. The number of methoxy groups -OCH3 is 1. The molecule has 10 N–H and O–H groups in total. The standard InChI is InChI=1S/C32H62NO23P3.C14H32NO2P.C3H8O3.4Y/c1-20-26(37)27(38)23(16-34)54-30(20)46-10-6-4-8-12-49-57(42)52-18-22(56-59(44)51-15-14-48-32(41)45-3)19-53-58(43)50-13-9-5-7-11-47-31-25(33-21(2)36)29(40)28(39)24(17-35)55-31;1-8-14(9-2)16-10-11-17-18(7)15(12(3)4)13(5)6;4-1-3(6)2-5;;;;/h20,22-31,34-35,37-40,57-59H,4-19H2,1-3H3,(H,33,36);12-14H,8-11H2,1-7H3;3-6H,1-2H2;;;;. The third kappa shape index (κ3) is 46.3. The minimum absolute atomic E-state index is 0. The van der Waals surface area contributed by atoms with Crippen LogP contribution in [0.5, 0.6) is 0 Å². The second-order valence-electron chi connectivity index (χ2n) is 19.5. The molecule has 2 saturated heterocycles. The molecular weight excluding hydrogens is 1540 g/mol. The van der Waals surface area contributed by atoms with Crippen molar-refractivity contribution in [2.45, 2.75) is 192 Å². The van der Waals surface area contributed by atoms with Gasteiger partial charge in [0.05, 0.1) is 92.0 Å². The number of aliphatic hydroxyl groups is 9. The Kier molecular flexibility index (Phi) is 70.3. The van der Waals surface area contributed by atoms with Crippen LogP contribution in [0.3, 0.4) is 0 Å². The van der Waals surface area contributed by atoms with Crippen molar-refractivity contribution in [1.82, 2.24) is 9.99 Å². The molecule has 30 nitrogen and oxygen atoms in total. The van der Waals surface area contributed by atoms with E-state index in [2.05, 4.69) is 67.7 Å². The molecule has 15 unspecified atom stereocenters. The first kappa shape index (κ1) is 99.1. The number of amides is 1. The molecule has 87 heavy (non-hydrogen) atoms. The monoisotopic (exact) mass is 1650 g/mol. The summed E-state index contributed by atoms with van der Waals surface area (Å²) in [5.41, 5.74) is 0. The van der Waals surface area contributed by atoms with Gasteiger partial charge in [-0.25, -0.2) is 4.79 Å². The van der Waals surface area contributed by atoms with Crippen LogP contribution >= 0.6 is 33.1 Å². The van der Waals surface area contributed by atoms with E-state index < -0.39 is 145 Å². The zero-order valence-corrected chi connectivity index (χ0v) is 67.4. The van der Waals surface area contributed by atoms with Gasteiger partial charge in [-0.3, -0.25) is 23.2 Å². The van der Waals surface area contributed by atoms with E-state index in [4.69, 9.17) is 70.7 Å². The van der Waals surface area contributed by atoms with E-state index >= 15 is 0 Å². The maximum absolute atomic E-state index is 12.4. The summed E-state index contributed by atoms with van der Waals surface area (Å²) in [4.78, 5) is 22.6. The summed E-state index contributed by atoms with van der Waals surface area (Å²) in [6.45, 7) is 16.9. The van der Waals surface area contributed by atoms with E-state index in [0.717, 1.165) is 20.0 Å². The summed E-state index contributed by atoms with van der Waals surface area (Å²) in [5.74, 6) is -1.00. The molecule has 0 spiro atoms.